The maximum absolute atomic E-state index is 12.8. The number of pyridine rings is 1. The topological polar surface area (TPSA) is 60.5 Å². The van der Waals surface area contributed by atoms with Crippen molar-refractivity contribution in [3.05, 3.63) is 94.3 Å². The largest absolute Gasteiger partial charge is 0.362 e. The number of nitrogens with one attached hydrogen (secondary N) is 2. The molecule has 8 heteroatoms. The molecule has 186 valence electrons. The first-order chi connectivity index (χ1) is 17.7. The van der Waals surface area contributed by atoms with Gasteiger partial charge in [0.1, 0.15) is 0 Å². The third-order valence-corrected chi connectivity index (χ3v) is 8.93. The molecule has 2 N–H and O–H groups in total. The molecule has 0 aliphatic carbocycles. The first-order valence-corrected chi connectivity index (χ1v) is 14.0. The zero-order valence-electron chi connectivity index (χ0n) is 20.1. The summed E-state index contributed by atoms with van der Waals surface area (Å²) >= 11 is 8.11. The van der Waals surface area contributed by atoms with Gasteiger partial charge in [0.05, 0.1) is 17.5 Å². The van der Waals surface area contributed by atoms with Crippen molar-refractivity contribution in [2.24, 2.45) is 0 Å². The number of benzene rings is 2. The fourth-order valence-electron chi connectivity index (χ4n) is 5.61. The second-order valence-electron chi connectivity index (χ2n) is 9.67. The number of hydrogen-bond donors (Lipinski definition) is 2. The van der Waals surface area contributed by atoms with Gasteiger partial charge >= 0.3 is 0 Å². The number of fused-ring (bicyclic) bond motifs is 5. The van der Waals surface area contributed by atoms with Gasteiger partial charge in [-0.25, -0.2) is 0 Å². The smallest absolute Gasteiger partial charge is 0.238 e. The van der Waals surface area contributed by atoms with Crippen LogP contribution in [0.15, 0.2) is 67.0 Å². The standard InChI is InChI=1S/C28H30ClN5OS/c29-22-7-8-25-21(15-22)14-19-4-1-2-6-23(19)26-17-33(12-13-34(25)26)11-10-31-27(35)24-18-36-28(32-24)20-5-3-9-30-16-20/h1-9,15-16,24,26,28,32H,10-14,17-18H2,(H,31,35). The van der Waals surface area contributed by atoms with E-state index in [4.69, 9.17) is 11.6 Å². The van der Waals surface area contributed by atoms with Gasteiger partial charge in [-0.3, -0.25) is 20.0 Å². The average Bonchev–Trinajstić information content (AvgIpc) is 3.36. The number of carbonyl (C=O) groups excluding carboxylic acids is 1. The summed E-state index contributed by atoms with van der Waals surface area (Å²) in [6.07, 6.45) is 4.54. The van der Waals surface area contributed by atoms with Crippen molar-refractivity contribution < 1.29 is 4.79 Å². The van der Waals surface area contributed by atoms with Crippen molar-refractivity contribution in [2.45, 2.75) is 23.9 Å². The molecule has 0 bridgehead atoms. The van der Waals surface area contributed by atoms with Crippen LogP contribution in [0.5, 0.6) is 0 Å². The summed E-state index contributed by atoms with van der Waals surface area (Å²) in [6, 6.07) is 19.2. The SMILES string of the molecule is O=C(NCCN1CCN2c3ccc(Cl)cc3Cc3ccccc3C2C1)C1CSC(c2cccnc2)N1. The van der Waals surface area contributed by atoms with Gasteiger partial charge in [0.2, 0.25) is 5.91 Å². The van der Waals surface area contributed by atoms with E-state index in [0.29, 0.717) is 12.6 Å². The molecule has 3 aliphatic heterocycles. The third-order valence-electron chi connectivity index (χ3n) is 7.42. The first-order valence-electron chi connectivity index (χ1n) is 12.6. The molecule has 3 atom stereocenters. The highest BCUT2D eigenvalue weighted by atomic mass is 35.5. The number of hydrogen-bond acceptors (Lipinski definition) is 6. The summed E-state index contributed by atoms with van der Waals surface area (Å²) < 4.78 is 0. The summed E-state index contributed by atoms with van der Waals surface area (Å²) in [7, 11) is 0. The van der Waals surface area contributed by atoms with E-state index in [1.54, 1.807) is 18.0 Å². The van der Waals surface area contributed by atoms with Crippen LogP contribution in [0.3, 0.4) is 0 Å². The molecule has 36 heavy (non-hydrogen) atoms. The zero-order valence-corrected chi connectivity index (χ0v) is 21.6. The predicted molar refractivity (Wildman–Crippen MR) is 147 cm³/mol. The minimum absolute atomic E-state index is 0.0816. The molecule has 6 rings (SSSR count). The van der Waals surface area contributed by atoms with Crippen molar-refractivity contribution in [2.75, 3.05) is 43.4 Å². The molecular weight excluding hydrogens is 490 g/mol. The van der Waals surface area contributed by atoms with E-state index in [-0.39, 0.29) is 17.3 Å². The molecule has 1 aromatic heterocycles. The van der Waals surface area contributed by atoms with Crippen molar-refractivity contribution >= 4 is 35.0 Å². The lowest BCUT2D eigenvalue weighted by atomic mass is 9.96. The van der Waals surface area contributed by atoms with Crippen LogP contribution in [-0.2, 0) is 11.2 Å². The Morgan fingerprint density at radius 1 is 1.14 bits per heavy atom. The van der Waals surface area contributed by atoms with Gasteiger partial charge in [-0.05, 0) is 52.9 Å². The number of piperazine rings is 1. The lowest BCUT2D eigenvalue weighted by molar-refractivity contribution is -0.122. The van der Waals surface area contributed by atoms with Crippen LogP contribution in [0.1, 0.15) is 33.7 Å². The van der Waals surface area contributed by atoms with Crippen LogP contribution in [0.4, 0.5) is 5.69 Å². The fourth-order valence-corrected chi connectivity index (χ4v) is 7.02. The van der Waals surface area contributed by atoms with Gasteiger partial charge in [-0.1, -0.05) is 41.9 Å². The Kier molecular flexibility index (Phi) is 6.89. The highest BCUT2D eigenvalue weighted by Crippen LogP contribution is 2.40. The van der Waals surface area contributed by atoms with E-state index in [0.717, 1.165) is 48.9 Å². The number of nitrogens with zero attached hydrogens (tertiary/aromatic N) is 3. The Bertz CT molecular complexity index is 1240. The fraction of sp³-hybridized carbons (Fsp3) is 0.357. The number of anilines is 1. The highest BCUT2D eigenvalue weighted by molar-refractivity contribution is 7.99. The van der Waals surface area contributed by atoms with E-state index < -0.39 is 0 Å². The van der Waals surface area contributed by atoms with Crippen molar-refractivity contribution in [3.8, 4) is 0 Å². The van der Waals surface area contributed by atoms with Crippen LogP contribution in [-0.4, -0.2) is 60.3 Å². The normalized spacial score (nSPS) is 23.4. The lowest BCUT2D eigenvalue weighted by Gasteiger charge is -2.43. The van der Waals surface area contributed by atoms with Gasteiger partial charge in [0.25, 0.3) is 0 Å². The van der Waals surface area contributed by atoms with Crippen LogP contribution in [0.2, 0.25) is 5.02 Å². The summed E-state index contributed by atoms with van der Waals surface area (Å²) in [4.78, 5) is 22.0. The lowest BCUT2D eigenvalue weighted by Crippen LogP contribution is -2.51. The molecular formula is C28H30ClN5OS. The molecule has 2 saturated heterocycles. The molecule has 3 aliphatic rings. The number of halogens is 1. The summed E-state index contributed by atoms with van der Waals surface area (Å²) in [5.41, 5.74) is 6.47. The summed E-state index contributed by atoms with van der Waals surface area (Å²) in [5.74, 6) is 0.852. The second kappa shape index (κ2) is 10.4. The summed E-state index contributed by atoms with van der Waals surface area (Å²) in [5, 5.41) is 7.53. The van der Waals surface area contributed by atoms with E-state index in [2.05, 4.69) is 67.9 Å². The number of rotatable bonds is 5. The van der Waals surface area contributed by atoms with Crippen molar-refractivity contribution in [1.29, 1.82) is 0 Å². The average molecular weight is 520 g/mol. The minimum Gasteiger partial charge on any atom is -0.362 e. The third kappa shape index (κ3) is 4.85. The molecule has 6 nitrogen and oxygen atoms in total. The molecule has 0 spiro atoms. The van der Waals surface area contributed by atoms with Gasteiger partial charge in [0.15, 0.2) is 0 Å². The molecule has 4 heterocycles. The summed E-state index contributed by atoms with van der Waals surface area (Å²) in [6.45, 7) is 4.36. The van der Waals surface area contributed by atoms with Crippen LogP contribution in [0, 0.1) is 0 Å². The highest BCUT2D eigenvalue weighted by Gasteiger charge is 2.34. The van der Waals surface area contributed by atoms with E-state index >= 15 is 0 Å². The Balaban J connectivity index is 1.08. The van der Waals surface area contributed by atoms with Crippen molar-refractivity contribution in [3.63, 3.8) is 0 Å². The van der Waals surface area contributed by atoms with Crippen molar-refractivity contribution in [1.82, 2.24) is 20.5 Å². The first kappa shape index (κ1) is 23.8. The molecule has 2 aromatic carbocycles. The van der Waals surface area contributed by atoms with E-state index in [1.807, 2.05) is 18.3 Å². The van der Waals surface area contributed by atoms with Crippen LogP contribution in [0.25, 0.3) is 0 Å². The zero-order chi connectivity index (χ0) is 24.5. The molecule has 0 radical (unpaired) electrons. The monoisotopic (exact) mass is 519 g/mol. The molecule has 2 fully saturated rings. The maximum atomic E-state index is 12.8. The Morgan fingerprint density at radius 3 is 2.94 bits per heavy atom. The number of amides is 1. The van der Waals surface area contributed by atoms with E-state index in [1.165, 1.54) is 22.4 Å². The van der Waals surface area contributed by atoms with Gasteiger partial charge in [0, 0.05) is 61.6 Å². The molecule has 1 amide bonds. The number of aromatic nitrogens is 1. The van der Waals surface area contributed by atoms with Crippen LogP contribution < -0.4 is 15.5 Å². The maximum Gasteiger partial charge on any atom is 0.238 e. The second-order valence-corrected chi connectivity index (χ2v) is 11.2. The molecule has 3 unspecified atom stereocenters. The molecule has 3 aromatic rings. The minimum atomic E-state index is -0.172. The number of thioether (sulfide) groups is 1. The van der Waals surface area contributed by atoms with Crippen LogP contribution >= 0.6 is 23.4 Å². The Labute approximate surface area is 221 Å². The Hall–Kier alpha value is -2.58. The Morgan fingerprint density at radius 2 is 2.06 bits per heavy atom. The predicted octanol–water partition coefficient (Wildman–Crippen LogP) is 4.02. The van der Waals surface area contributed by atoms with E-state index in [9.17, 15) is 4.79 Å². The number of carbonyl (C=O) groups is 1. The quantitative estimate of drug-likeness (QED) is 0.531. The molecule has 0 saturated carbocycles. The van der Waals surface area contributed by atoms with Gasteiger partial charge in [-0.15, -0.1) is 11.8 Å². The van der Waals surface area contributed by atoms with Gasteiger partial charge in [-0.2, -0.15) is 0 Å². The van der Waals surface area contributed by atoms with Gasteiger partial charge < -0.3 is 10.2 Å².